The summed E-state index contributed by atoms with van der Waals surface area (Å²) in [6, 6.07) is 4.12. The van der Waals surface area contributed by atoms with Gasteiger partial charge in [0.1, 0.15) is 5.75 Å². The topological polar surface area (TPSA) is 49.7 Å². The van der Waals surface area contributed by atoms with Crippen LogP contribution in [-0.4, -0.2) is 9.79 Å². The van der Waals surface area contributed by atoms with E-state index in [1.165, 1.54) is 0 Å². The first-order valence-corrected chi connectivity index (χ1v) is 7.61. The Morgan fingerprint density at radius 3 is 1.53 bits per heavy atom. The van der Waals surface area contributed by atoms with E-state index in [4.69, 9.17) is 4.52 Å². The van der Waals surface area contributed by atoms with E-state index in [0.29, 0.717) is 5.75 Å². The fourth-order valence-electron chi connectivity index (χ4n) is 2.07. The molecule has 0 amide bonds. The molecule has 0 aliphatic carbocycles. The highest BCUT2D eigenvalue weighted by Gasteiger charge is 2.28. The van der Waals surface area contributed by atoms with Crippen LogP contribution in [0.25, 0.3) is 0 Å². The molecule has 3 nitrogen and oxygen atoms in total. The van der Waals surface area contributed by atoms with Crippen molar-refractivity contribution in [2.24, 2.45) is 0 Å². The lowest BCUT2D eigenvalue weighted by atomic mass is 9.78. The third-order valence-electron chi connectivity index (χ3n) is 3.02. The first kappa shape index (κ1) is 16.4. The average molecular weight is 284 g/mol. The van der Waals surface area contributed by atoms with Gasteiger partial charge in [-0.05, 0) is 17.8 Å². The maximum Gasteiger partial charge on any atom is 0.391 e. The maximum atomic E-state index is 9.25. The molecule has 0 bridgehead atoms. The first-order valence-electron chi connectivity index (χ1n) is 6.44. The van der Waals surface area contributed by atoms with Crippen LogP contribution in [-0.2, 0) is 10.8 Å². The van der Waals surface area contributed by atoms with E-state index in [1.807, 2.05) is 0 Å². The highest BCUT2D eigenvalue weighted by molar-refractivity contribution is 7.39. The van der Waals surface area contributed by atoms with Gasteiger partial charge >= 0.3 is 8.60 Å². The van der Waals surface area contributed by atoms with Gasteiger partial charge in [0.05, 0.1) is 0 Å². The summed E-state index contributed by atoms with van der Waals surface area (Å²) in [4.78, 5) is 18.5. The monoisotopic (exact) mass is 284 g/mol. The molecule has 0 aliphatic heterocycles. The van der Waals surface area contributed by atoms with Crippen molar-refractivity contribution in [1.82, 2.24) is 0 Å². The zero-order chi connectivity index (χ0) is 15.0. The molecule has 1 aromatic carbocycles. The standard InChI is InChI=1S/C15H25O3P/c1-10-8-11(14(2,3)4)13(18-19(16)17)12(9-10)15(5,6)7/h8-9,16-17H,1-7H3. The lowest BCUT2D eigenvalue weighted by Gasteiger charge is -2.30. The molecule has 19 heavy (non-hydrogen) atoms. The lowest BCUT2D eigenvalue weighted by Crippen LogP contribution is -2.19. The largest absolute Gasteiger partial charge is 0.426 e. The fourth-order valence-corrected chi connectivity index (χ4v) is 2.43. The van der Waals surface area contributed by atoms with Gasteiger partial charge in [-0.3, -0.25) is 0 Å². The number of aryl methyl sites for hydroxylation is 1. The normalized spacial score (nSPS) is 12.9. The molecule has 0 spiro atoms. The van der Waals surface area contributed by atoms with E-state index >= 15 is 0 Å². The molecule has 0 aliphatic rings. The summed E-state index contributed by atoms with van der Waals surface area (Å²) in [5, 5.41) is 0. The first-order chi connectivity index (χ1) is 8.43. The third-order valence-corrected chi connectivity index (χ3v) is 3.37. The third kappa shape index (κ3) is 4.17. The Balaban J connectivity index is 3.58. The molecule has 0 atom stereocenters. The predicted molar refractivity (Wildman–Crippen MR) is 80.6 cm³/mol. The quantitative estimate of drug-likeness (QED) is 0.801. The Labute approximate surface area is 117 Å². The van der Waals surface area contributed by atoms with Gasteiger partial charge < -0.3 is 14.3 Å². The minimum Gasteiger partial charge on any atom is -0.426 e. The van der Waals surface area contributed by atoms with Crippen molar-refractivity contribution in [2.45, 2.75) is 59.3 Å². The maximum absolute atomic E-state index is 9.25. The van der Waals surface area contributed by atoms with Crippen molar-refractivity contribution in [3.63, 3.8) is 0 Å². The summed E-state index contributed by atoms with van der Waals surface area (Å²) in [6.45, 7) is 14.6. The molecule has 108 valence electrons. The molecule has 0 heterocycles. The summed E-state index contributed by atoms with van der Waals surface area (Å²) in [5.74, 6) is 0.613. The number of benzene rings is 1. The molecule has 2 N–H and O–H groups in total. The summed E-state index contributed by atoms with van der Waals surface area (Å²) >= 11 is 0. The minimum atomic E-state index is -2.41. The highest BCUT2D eigenvalue weighted by atomic mass is 31.2. The van der Waals surface area contributed by atoms with Crippen molar-refractivity contribution in [3.05, 3.63) is 28.8 Å². The highest BCUT2D eigenvalue weighted by Crippen LogP contribution is 2.44. The van der Waals surface area contributed by atoms with Crippen LogP contribution in [0, 0.1) is 6.92 Å². The van der Waals surface area contributed by atoms with Crippen LogP contribution < -0.4 is 4.52 Å². The van der Waals surface area contributed by atoms with Gasteiger partial charge in [-0.25, -0.2) is 0 Å². The van der Waals surface area contributed by atoms with Gasteiger partial charge in [-0.2, -0.15) is 0 Å². The van der Waals surface area contributed by atoms with E-state index in [-0.39, 0.29) is 10.8 Å². The molecule has 0 saturated carbocycles. The van der Waals surface area contributed by atoms with E-state index in [1.54, 1.807) is 0 Å². The summed E-state index contributed by atoms with van der Waals surface area (Å²) < 4.78 is 5.36. The molecule has 1 rings (SSSR count). The Morgan fingerprint density at radius 2 is 1.26 bits per heavy atom. The molecule has 0 unspecified atom stereocenters. The smallest absolute Gasteiger partial charge is 0.391 e. The lowest BCUT2D eigenvalue weighted by molar-refractivity contribution is 0.364. The molecule has 1 aromatic rings. The molecule has 0 fully saturated rings. The van der Waals surface area contributed by atoms with Crippen molar-refractivity contribution in [2.75, 3.05) is 0 Å². The average Bonchev–Trinajstić information content (AvgIpc) is 2.16. The van der Waals surface area contributed by atoms with E-state index in [9.17, 15) is 9.79 Å². The number of rotatable bonds is 2. The van der Waals surface area contributed by atoms with Gasteiger partial charge in [0.25, 0.3) is 0 Å². The minimum absolute atomic E-state index is 0.118. The Bertz CT molecular complexity index is 418. The van der Waals surface area contributed by atoms with Crippen LogP contribution in [0.5, 0.6) is 5.75 Å². The van der Waals surface area contributed by atoms with E-state index in [2.05, 4.69) is 60.6 Å². The van der Waals surface area contributed by atoms with Crippen LogP contribution in [0.15, 0.2) is 12.1 Å². The van der Waals surface area contributed by atoms with Gasteiger partial charge in [-0.1, -0.05) is 59.2 Å². The summed E-state index contributed by atoms with van der Waals surface area (Å²) in [5.41, 5.74) is 2.93. The van der Waals surface area contributed by atoms with Crippen molar-refractivity contribution >= 4 is 8.60 Å². The Morgan fingerprint density at radius 1 is 0.895 bits per heavy atom. The predicted octanol–water partition coefficient (Wildman–Crippen LogP) is 4.18. The zero-order valence-electron chi connectivity index (χ0n) is 12.9. The second-order valence-corrected chi connectivity index (χ2v) is 7.72. The van der Waals surface area contributed by atoms with E-state index < -0.39 is 8.60 Å². The second kappa shape index (κ2) is 5.40. The molecule has 0 aromatic heterocycles. The molecule has 4 heteroatoms. The van der Waals surface area contributed by atoms with Crippen molar-refractivity contribution < 1.29 is 14.3 Å². The zero-order valence-corrected chi connectivity index (χ0v) is 13.8. The van der Waals surface area contributed by atoms with Crippen LogP contribution in [0.4, 0.5) is 0 Å². The molecular formula is C15H25O3P. The van der Waals surface area contributed by atoms with Crippen LogP contribution in [0.3, 0.4) is 0 Å². The molecular weight excluding hydrogens is 259 g/mol. The Hall–Kier alpha value is -0.630. The van der Waals surface area contributed by atoms with Crippen molar-refractivity contribution in [3.8, 4) is 5.75 Å². The fraction of sp³-hybridized carbons (Fsp3) is 0.600. The molecule has 0 saturated heterocycles. The number of hydrogen-bond donors (Lipinski definition) is 2. The van der Waals surface area contributed by atoms with Crippen molar-refractivity contribution in [1.29, 1.82) is 0 Å². The van der Waals surface area contributed by atoms with Gasteiger partial charge in [0.15, 0.2) is 0 Å². The second-order valence-electron chi connectivity index (χ2n) is 7.03. The van der Waals surface area contributed by atoms with Gasteiger partial charge in [0, 0.05) is 11.1 Å². The van der Waals surface area contributed by atoms with Gasteiger partial charge in [0.2, 0.25) is 0 Å². The van der Waals surface area contributed by atoms with E-state index in [0.717, 1.165) is 16.7 Å². The van der Waals surface area contributed by atoms with Crippen LogP contribution in [0.2, 0.25) is 0 Å². The molecule has 0 radical (unpaired) electrons. The SMILES string of the molecule is Cc1cc(C(C)(C)C)c(OP(O)O)c(C(C)(C)C)c1. The number of hydrogen-bond acceptors (Lipinski definition) is 3. The van der Waals surface area contributed by atoms with Crippen LogP contribution >= 0.6 is 8.60 Å². The Kier molecular flexibility index (Phi) is 4.66. The summed E-state index contributed by atoms with van der Waals surface area (Å²) in [7, 11) is -2.41. The van der Waals surface area contributed by atoms with Gasteiger partial charge in [-0.15, -0.1) is 0 Å². The summed E-state index contributed by atoms with van der Waals surface area (Å²) in [6.07, 6.45) is 0. The van der Waals surface area contributed by atoms with Crippen LogP contribution in [0.1, 0.15) is 58.2 Å².